The van der Waals surface area contributed by atoms with Gasteiger partial charge in [-0.2, -0.15) is 0 Å². The Hall–Kier alpha value is -3.51. The molecule has 0 saturated heterocycles. The Labute approximate surface area is 200 Å². The van der Waals surface area contributed by atoms with E-state index >= 15 is 0 Å². The molecule has 1 aliphatic heterocycles. The Balaban J connectivity index is 0.00000126. The fourth-order valence-electron chi connectivity index (χ4n) is 4.11. The number of hydrogen-bond donors (Lipinski definition) is 0. The quantitative estimate of drug-likeness (QED) is 0.318. The fraction of sp³-hybridized carbons (Fsp3) is 0.148. The monoisotopic (exact) mass is 502 g/mol. The van der Waals surface area contributed by atoms with Crippen LogP contribution in [0.2, 0.25) is 0 Å². The summed E-state index contributed by atoms with van der Waals surface area (Å²) in [6, 6.07) is 23.2. The molecule has 33 heavy (non-hydrogen) atoms. The molecular weight excluding hydrogens is 480 g/mol. The van der Waals surface area contributed by atoms with Crippen LogP contribution in [-0.2, 0) is 6.42 Å². The van der Waals surface area contributed by atoms with Crippen molar-refractivity contribution in [1.82, 2.24) is 9.47 Å². The molecule has 0 atom stereocenters. The number of amides is 2. The Morgan fingerprint density at radius 1 is 0.818 bits per heavy atom. The lowest BCUT2D eigenvalue weighted by molar-refractivity contribution is 0.0593. The van der Waals surface area contributed by atoms with Crippen molar-refractivity contribution in [1.29, 1.82) is 0 Å². The molecule has 0 radical (unpaired) electrons. The molecule has 0 N–H and O–H groups in total. The molecule has 5 rings (SSSR count). The van der Waals surface area contributed by atoms with Gasteiger partial charge < -0.3 is 0 Å². The second-order valence-corrected chi connectivity index (χ2v) is 8.29. The van der Waals surface area contributed by atoms with Gasteiger partial charge in [-0.3, -0.25) is 23.9 Å². The van der Waals surface area contributed by atoms with E-state index in [-0.39, 0.29) is 24.1 Å². The van der Waals surface area contributed by atoms with Gasteiger partial charge in [-0.15, -0.1) is 0 Å². The smallest absolute Gasteiger partial charge is 0.273 e. The highest BCUT2D eigenvalue weighted by Crippen LogP contribution is 2.34. The van der Waals surface area contributed by atoms with Crippen LogP contribution in [0.1, 0.15) is 50.6 Å². The van der Waals surface area contributed by atoms with Crippen LogP contribution in [0.25, 0.3) is 10.9 Å². The molecule has 1 aromatic heterocycles. The van der Waals surface area contributed by atoms with Gasteiger partial charge in [-0.25, -0.2) is 0 Å². The van der Waals surface area contributed by atoms with Crippen molar-refractivity contribution in [3.05, 3.63) is 106 Å². The van der Waals surface area contributed by atoms with E-state index in [2.05, 4.69) is 15.9 Å². The summed E-state index contributed by atoms with van der Waals surface area (Å²) in [6.45, 7) is 4.27. The number of nitrogens with zero attached hydrogens (tertiary/aromatic N) is 2. The number of hydrogen-bond acceptors (Lipinski definition) is 3. The zero-order valence-electron chi connectivity index (χ0n) is 18.4. The Morgan fingerprint density at radius 3 is 2.00 bits per heavy atom. The minimum absolute atomic E-state index is 0.262. The number of imide groups is 1. The first-order valence-electron chi connectivity index (χ1n) is 10.9. The molecular formula is C27H23BrN2O3. The molecule has 5 nitrogen and oxygen atoms in total. The SMILES string of the molecule is CC.O=C(c1ccccc1)N1CCc2c(n(C(=O)c3ccccc3)c3ccc(Br)cc23)C1=O. The van der Waals surface area contributed by atoms with Crippen molar-refractivity contribution in [2.75, 3.05) is 6.54 Å². The highest BCUT2D eigenvalue weighted by Gasteiger charge is 2.36. The summed E-state index contributed by atoms with van der Waals surface area (Å²) in [7, 11) is 0. The Bertz CT molecular complexity index is 1340. The summed E-state index contributed by atoms with van der Waals surface area (Å²) in [5, 5.41) is 0.841. The molecule has 2 heterocycles. The van der Waals surface area contributed by atoms with E-state index in [1.807, 2.05) is 44.2 Å². The first-order chi connectivity index (χ1) is 16.1. The maximum atomic E-state index is 13.6. The van der Waals surface area contributed by atoms with Gasteiger partial charge in [0.25, 0.3) is 17.7 Å². The molecule has 0 bridgehead atoms. The van der Waals surface area contributed by atoms with Gasteiger partial charge in [0.2, 0.25) is 0 Å². The highest BCUT2D eigenvalue weighted by atomic mass is 79.9. The first kappa shape index (κ1) is 22.7. The number of halogens is 1. The molecule has 1 aliphatic rings. The van der Waals surface area contributed by atoms with Crippen LogP contribution in [0.5, 0.6) is 0 Å². The minimum atomic E-state index is -0.452. The number of carbonyl (C=O) groups excluding carboxylic acids is 3. The van der Waals surface area contributed by atoms with Crippen molar-refractivity contribution >= 4 is 44.6 Å². The molecule has 3 aromatic carbocycles. The van der Waals surface area contributed by atoms with Gasteiger partial charge in [0.05, 0.1) is 5.52 Å². The molecule has 2 amide bonds. The van der Waals surface area contributed by atoms with Gasteiger partial charge in [0, 0.05) is 27.5 Å². The van der Waals surface area contributed by atoms with E-state index in [9.17, 15) is 14.4 Å². The molecule has 0 fully saturated rings. The van der Waals surface area contributed by atoms with E-state index < -0.39 is 5.91 Å². The average Bonchev–Trinajstić information content (AvgIpc) is 3.20. The van der Waals surface area contributed by atoms with E-state index in [0.717, 1.165) is 15.4 Å². The largest absolute Gasteiger partial charge is 0.278 e. The van der Waals surface area contributed by atoms with Crippen LogP contribution in [0.15, 0.2) is 83.3 Å². The predicted molar refractivity (Wildman–Crippen MR) is 133 cm³/mol. The van der Waals surface area contributed by atoms with Crippen LogP contribution >= 0.6 is 15.9 Å². The molecule has 0 aliphatic carbocycles. The average molecular weight is 503 g/mol. The Morgan fingerprint density at radius 2 is 1.39 bits per heavy atom. The molecule has 0 unspecified atom stereocenters. The lowest BCUT2D eigenvalue weighted by Gasteiger charge is -2.26. The van der Waals surface area contributed by atoms with E-state index in [4.69, 9.17) is 0 Å². The van der Waals surface area contributed by atoms with E-state index in [0.29, 0.717) is 23.1 Å². The van der Waals surface area contributed by atoms with Crippen molar-refractivity contribution < 1.29 is 14.4 Å². The summed E-state index contributed by atoms with van der Waals surface area (Å²) in [5.74, 6) is -1.11. The third-order valence-corrected chi connectivity index (χ3v) is 6.05. The Kier molecular flexibility index (Phi) is 6.56. The van der Waals surface area contributed by atoms with E-state index in [1.165, 1.54) is 9.47 Å². The highest BCUT2D eigenvalue weighted by molar-refractivity contribution is 9.10. The normalized spacial score (nSPS) is 12.7. The van der Waals surface area contributed by atoms with Crippen LogP contribution in [0.3, 0.4) is 0 Å². The second-order valence-electron chi connectivity index (χ2n) is 7.37. The van der Waals surface area contributed by atoms with Gasteiger partial charge in [0.15, 0.2) is 0 Å². The van der Waals surface area contributed by atoms with E-state index in [1.54, 1.807) is 48.5 Å². The topological polar surface area (TPSA) is 59.4 Å². The standard InChI is InChI=1S/C25H17BrN2O3.C2H6/c26-18-11-12-21-20(15-18)19-13-14-27(23(29)16-7-3-1-4-8-16)25(31)22(19)28(21)24(30)17-9-5-2-6-10-17;1-2/h1-12,15H,13-14H2;1-2H3. The van der Waals surface area contributed by atoms with Crippen LogP contribution in [0, 0.1) is 0 Å². The molecule has 166 valence electrons. The number of benzene rings is 3. The van der Waals surface area contributed by atoms with Crippen molar-refractivity contribution in [3.8, 4) is 0 Å². The molecule has 0 saturated carbocycles. The molecule has 6 heteroatoms. The van der Waals surface area contributed by atoms with Crippen molar-refractivity contribution in [3.63, 3.8) is 0 Å². The minimum Gasteiger partial charge on any atom is -0.273 e. The predicted octanol–water partition coefficient (Wildman–Crippen LogP) is 5.96. The summed E-state index contributed by atoms with van der Waals surface area (Å²) in [5.41, 5.74) is 2.63. The maximum Gasteiger partial charge on any atom is 0.278 e. The zero-order valence-corrected chi connectivity index (χ0v) is 20.0. The molecule has 4 aromatic rings. The first-order valence-corrected chi connectivity index (χ1v) is 11.7. The summed E-state index contributed by atoms with van der Waals surface area (Å²) >= 11 is 3.49. The number of rotatable bonds is 2. The third kappa shape index (κ3) is 4.02. The van der Waals surface area contributed by atoms with Crippen LogP contribution < -0.4 is 0 Å². The summed E-state index contributed by atoms with van der Waals surface area (Å²) < 4.78 is 2.32. The van der Waals surface area contributed by atoms with Gasteiger partial charge in [-0.1, -0.05) is 66.2 Å². The zero-order chi connectivity index (χ0) is 23.5. The van der Waals surface area contributed by atoms with Crippen LogP contribution in [-0.4, -0.2) is 33.7 Å². The van der Waals surface area contributed by atoms with Gasteiger partial charge in [0.1, 0.15) is 5.69 Å². The van der Waals surface area contributed by atoms with Gasteiger partial charge >= 0.3 is 0 Å². The number of carbonyl (C=O) groups is 3. The van der Waals surface area contributed by atoms with Gasteiger partial charge in [-0.05, 0) is 54.4 Å². The number of aromatic nitrogens is 1. The fourth-order valence-corrected chi connectivity index (χ4v) is 4.47. The number of fused-ring (bicyclic) bond motifs is 3. The lowest BCUT2D eigenvalue weighted by atomic mass is 10.0. The third-order valence-electron chi connectivity index (χ3n) is 5.56. The molecule has 0 spiro atoms. The summed E-state index contributed by atoms with van der Waals surface area (Å²) in [4.78, 5) is 41.3. The second kappa shape index (κ2) is 9.55. The van der Waals surface area contributed by atoms with Crippen molar-refractivity contribution in [2.24, 2.45) is 0 Å². The summed E-state index contributed by atoms with van der Waals surface area (Å²) in [6.07, 6.45) is 0.488. The lowest BCUT2D eigenvalue weighted by Crippen LogP contribution is -2.43. The van der Waals surface area contributed by atoms with Crippen molar-refractivity contribution in [2.45, 2.75) is 20.3 Å². The maximum absolute atomic E-state index is 13.6. The van der Waals surface area contributed by atoms with Crippen LogP contribution in [0.4, 0.5) is 0 Å².